The molecule has 5 heteroatoms. The SMILES string of the molecule is CCNC(C(=O)O)c1cn(C)c2ccc(OC)cc12. The van der Waals surface area contributed by atoms with Crippen molar-refractivity contribution in [2.24, 2.45) is 7.05 Å². The van der Waals surface area contributed by atoms with Gasteiger partial charge in [-0.15, -0.1) is 0 Å². The number of hydrogen-bond acceptors (Lipinski definition) is 3. The van der Waals surface area contributed by atoms with Crippen LogP contribution in [0.5, 0.6) is 5.75 Å². The maximum Gasteiger partial charge on any atom is 0.325 e. The van der Waals surface area contributed by atoms with Gasteiger partial charge >= 0.3 is 5.97 Å². The third-order valence-corrected chi connectivity index (χ3v) is 3.19. The number of likely N-dealkylation sites (N-methyl/N-ethyl adjacent to an activating group) is 1. The molecule has 1 atom stereocenters. The van der Waals surface area contributed by atoms with Gasteiger partial charge in [-0.3, -0.25) is 4.79 Å². The van der Waals surface area contributed by atoms with E-state index in [1.54, 1.807) is 7.11 Å². The predicted octanol–water partition coefficient (Wildman–Crippen LogP) is 1.92. The number of ether oxygens (including phenoxy) is 1. The van der Waals surface area contributed by atoms with Gasteiger partial charge in [0.05, 0.1) is 7.11 Å². The highest BCUT2D eigenvalue weighted by molar-refractivity contribution is 5.90. The molecule has 2 aromatic rings. The zero-order chi connectivity index (χ0) is 14.0. The van der Waals surface area contributed by atoms with Gasteiger partial charge < -0.3 is 19.7 Å². The Kier molecular flexibility index (Phi) is 3.76. The van der Waals surface area contributed by atoms with Crippen LogP contribution in [0.4, 0.5) is 0 Å². The minimum Gasteiger partial charge on any atom is -0.497 e. The van der Waals surface area contributed by atoms with Crippen LogP contribution in [0.1, 0.15) is 18.5 Å². The molecule has 0 spiro atoms. The highest BCUT2D eigenvalue weighted by Gasteiger charge is 2.23. The van der Waals surface area contributed by atoms with E-state index in [1.165, 1.54) is 0 Å². The van der Waals surface area contributed by atoms with Crippen LogP contribution in [0.25, 0.3) is 10.9 Å². The molecule has 0 bridgehead atoms. The number of carboxylic acids is 1. The fourth-order valence-corrected chi connectivity index (χ4v) is 2.29. The number of aliphatic carboxylic acids is 1. The molecule has 0 aliphatic carbocycles. The number of aryl methyl sites for hydroxylation is 1. The first-order valence-corrected chi connectivity index (χ1v) is 6.17. The van der Waals surface area contributed by atoms with Crippen molar-refractivity contribution in [2.75, 3.05) is 13.7 Å². The molecule has 1 aromatic heterocycles. The van der Waals surface area contributed by atoms with Gasteiger partial charge in [-0.2, -0.15) is 0 Å². The Morgan fingerprint density at radius 2 is 2.26 bits per heavy atom. The Labute approximate surface area is 111 Å². The maximum absolute atomic E-state index is 11.4. The highest BCUT2D eigenvalue weighted by Crippen LogP contribution is 2.29. The lowest BCUT2D eigenvalue weighted by molar-refractivity contribution is -0.139. The van der Waals surface area contributed by atoms with Gasteiger partial charge in [0.25, 0.3) is 0 Å². The van der Waals surface area contributed by atoms with Gasteiger partial charge in [-0.05, 0) is 24.7 Å². The van der Waals surface area contributed by atoms with E-state index >= 15 is 0 Å². The summed E-state index contributed by atoms with van der Waals surface area (Å²) in [6, 6.07) is 4.97. The number of rotatable bonds is 5. The molecule has 0 aliphatic heterocycles. The van der Waals surface area contributed by atoms with Crippen molar-refractivity contribution in [2.45, 2.75) is 13.0 Å². The van der Waals surface area contributed by atoms with Crippen LogP contribution in [0.3, 0.4) is 0 Å². The number of nitrogens with zero attached hydrogens (tertiary/aromatic N) is 1. The van der Waals surface area contributed by atoms with E-state index in [1.807, 2.05) is 42.9 Å². The molecule has 0 saturated carbocycles. The van der Waals surface area contributed by atoms with Crippen molar-refractivity contribution in [3.05, 3.63) is 30.0 Å². The fourth-order valence-electron chi connectivity index (χ4n) is 2.29. The molecule has 2 rings (SSSR count). The third kappa shape index (κ3) is 2.42. The zero-order valence-electron chi connectivity index (χ0n) is 11.3. The van der Waals surface area contributed by atoms with Crippen molar-refractivity contribution in [3.63, 3.8) is 0 Å². The summed E-state index contributed by atoms with van der Waals surface area (Å²) >= 11 is 0. The lowest BCUT2D eigenvalue weighted by Crippen LogP contribution is -2.28. The molecule has 0 saturated heterocycles. The molecule has 0 fully saturated rings. The minimum absolute atomic E-state index is 0.595. The smallest absolute Gasteiger partial charge is 0.325 e. The van der Waals surface area contributed by atoms with E-state index in [-0.39, 0.29) is 0 Å². The minimum atomic E-state index is -0.878. The Morgan fingerprint density at radius 3 is 2.84 bits per heavy atom. The summed E-state index contributed by atoms with van der Waals surface area (Å²) in [5.41, 5.74) is 1.74. The molecule has 2 N–H and O–H groups in total. The first-order chi connectivity index (χ1) is 9.08. The summed E-state index contributed by atoms with van der Waals surface area (Å²) in [6.07, 6.45) is 1.85. The molecule has 102 valence electrons. The Balaban J connectivity index is 2.61. The number of nitrogens with one attached hydrogen (secondary N) is 1. The van der Waals surface area contributed by atoms with E-state index in [4.69, 9.17) is 4.74 Å². The van der Waals surface area contributed by atoms with Gasteiger partial charge in [0, 0.05) is 29.7 Å². The number of carbonyl (C=O) groups is 1. The average Bonchev–Trinajstić information content (AvgIpc) is 2.72. The summed E-state index contributed by atoms with van der Waals surface area (Å²) in [7, 11) is 3.51. The second-order valence-corrected chi connectivity index (χ2v) is 4.41. The van der Waals surface area contributed by atoms with Gasteiger partial charge in [0.1, 0.15) is 11.8 Å². The molecule has 1 heterocycles. The first kappa shape index (κ1) is 13.4. The predicted molar refractivity (Wildman–Crippen MR) is 73.5 cm³/mol. The molecule has 1 unspecified atom stereocenters. The Hall–Kier alpha value is -2.01. The summed E-state index contributed by atoms with van der Waals surface area (Å²) in [6.45, 7) is 2.49. The number of fused-ring (bicyclic) bond motifs is 1. The van der Waals surface area contributed by atoms with Crippen molar-refractivity contribution >= 4 is 16.9 Å². The molecule has 0 radical (unpaired) electrons. The van der Waals surface area contributed by atoms with E-state index in [0.29, 0.717) is 6.54 Å². The monoisotopic (exact) mass is 262 g/mol. The van der Waals surface area contributed by atoms with E-state index in [0.717, 1.165) is 22.2 Å². The molecule has 0 aliphatic rings. The molecule has 5 nitrogen and oxygen atoms in total. The molecule has 19 heavy (non-hydrogen) atoms. The fraction of sp³-hybridized carbons (Fsp3) is 0.357. The Morgan fingerprint density at radius 1 is 1.53 bits per heavy atom. The van der Waals surface area contributed by atoms with Crippen LogP contribution >= 0.6 is 0 Å². The number of benzene rings is 1. The topological polar surface area (TPSA) is 63.5 Å². The lowest BCUT2D eigenvalue weighted by atomic mass is 10.1. The number of methoxy groups -OCH3 is 1. The zero-order valence-corrected chi connectivity index (χ0v) is 11.3. The van der Waals surface area contributed by atoms with Crippen molar-refractivity contribution < 1.29 is 14.6 Å². The maximum atomic E-state index is 11.4. The molecular formula is C14H18N2O3. The van der Waals surface area contributed by atoms with E-state index < -0.39 is 12.0 Å². The quantitative estimate of drug-likeness (QED) is 0.864. The van der Waals surface area contributed by atoms with Crippen LogP contribution in [0, 0.1) is 0 Å². The van der Waals surface area contributed by atoms with Crippen molar-refractivity contribution in [1.82, 2.24) is 9.88 Å². The molecular weight excluding hydrogens is 244 g/mol. The normalized spacial score (nSPS) is 12.6. The second kappa shape index (κ2) is 5.32. The van der Waals surface area contributed by atoms with Crippen molar-refractivity contribution in [1.29, 1.82) is 0 Å². The summed E-state index contributed by atoms with van der Waals surface area (Å²) in [5, 5.41) is 13.2. The largest absolute Gasteiger partial charge is 0.497 e. The van der Waals surface area contributed by atoms with Gasteiger partial charge in [0.15, 0.2) is 0 Å². The van der Waals surface area contributed by atoms with Gasteiger partial charge in [0.2, 0.25) is 0 Å². The first-order valence-electron chi connectivity index (χ1n) is 6.17. The standard InChI is InChI=1S/C14H18N2O3/c1-4-15-13(14(17)18)11-8-16(2)12-6-5-9(19-3)7-10(11)12/h5-8,13,15H,4H2,1-3H3,(H,17,18). The van der Waals surface area contributed by atoms with E-state index in [9.17, 15) is 9.90 Å². The number of hydrogen-bond donors (Lipinski definition) is 2. The molecule has 1 aromatic carbocycles. The van der Waals surface area contributed by atoms with Crippen LogP contribution < -0.4 is 10.1 Å². The van der Waals surface area contributed by atoms with Crippen LogP contribution in [0.2, 0.25) is 0 Å². The second-order valence-electron chi connectivity index (χ2n) is 4.41. The number of carboxylic acid groups (broad SMARTS) is 1. The summed E-state index contributed by atoms with van der Waals surface area (Å²) < 4.78 is 7.14. The number of aromatic nitrogens is 1. The third-order valence-electron chi connectivity index (χ3n) is 3.19. The van der Waals surface area contributed by atoms with Gasteiger partial charge in [-0.25, -0.2) is 0 Å². The van der Waals surface area contributed by atoms with Gasteiger partial charge in [-0.1, -0.05) is 6.92 Å². The van der Waals surface area contributed by atoms with Crippen LogP contribution in [0.15, 0.2) is 24.4 Å². The van der Waals surface area contributed by atoms with Crippen LogP contribution in [-0.4, -0.2) is 29.3 Å². The lowest BCUT2D eigenvalue weighted by Gasteiger charge is -2.12. The summed E-state index contributed by atoms with van der Waals surface area (Å²) in [4.78, 5) is 11.4. The van der Waals surface area contributed by atoms with Crippen LogP contribution in [-0.2, 0) is 11.8 Å². The average molecular weight is 262 g/mol. The Bertz CT molecular complexity index is 604. The highest BCUT2D eigenvalue weighted by atomic mass is 16.5. The summed E-state index contributed by atoms with van der Waals surface area (Å²) in [5.74, 6) is -0.155. The van der Waals surface area contributed by atoms with Crippen molar-refractivity contribution in [3.8, 4) is 5.75 Å². The molecule has 0 amide bonds. The van der Waals surface area contributed by atoms with E-state index in [2.05, 4.69) is 5.32 Å².